The Bertz CT molecular complexity index is 1130. The fourth-order valence-electron chi connectivity index (χ4n) is 4.93. The van der Waals surface area contributed by atoms with E-state index in [1.807, 2.05) is 0 Å². The van der Waals surface area contributed by atoms with Crippen molar-refractivity contribution in [2.45, 2.75) is 62.3 Å². The molecule has 0 amide bonds. The van der Waals surface area contributed by atoms with Crippen LogP contribution < -0.4 is 4.72 Å². The molecule has 0 radical (unpaired) electrons. The van der Waals surface area contributed by atoms with Crippen molar-refractivity contribution in [3.05, 3.63) is 34.5 Å². The summed E-state index contributed by atoms with van der Waals surface area (Å²) in [5, 5.41) is 17.5. The van der Waals surface area contributed by atoms with Gasteiger partial charge in [0.05, 0.1) is 22.4 Å². The SMILES string of the molecule is COCC1(n2c(NSC(C)C(OC)c3ncc(Cl)cn3)nnc2-c2n[nH]c3c2CCC3)CCC1. The molecule has 3 aromatic rings. The van der Waals surface area contributed by atoms with E-state index in [4.69, 9.17) is 21.1 Å². The number of anilines is 1. The van der Waals surface area contributed by atoms with Crippen molar-refractivity contribution in [2.75, 3.05) is 25.5 Å². The Morgan fingerprint density at radius 2 is 2.00 bits per heavy atom. The van der Waals surface area contributed by atoms with Crippen molar-refractivity contribution in [1.82, 2.24) is 34.9 Å². The van der Waals surface area contributed by atoms with Gasteiger partial charge in [0.25, 0.3) is 0 Å². The summed E-state index contributed by atoms with van der Waals surface area (Å²) in [6.07, 6.45) is 9.17. The number of aromatic nitrogens is 7. The number of fused-ring (bicyclic) bond motifs is 1. The van der Waals surface area contributed by atoms with Crippen LogP contribution in [0.1, 0.15) is 55.8 Å². The van der Waals surface area contributed by atoms with Crippen molar-refractivity contribution < 1.29 is 9.47 Å². The molecule has 182 valence electrons. The minimum absolute atomic E-state index is 0.0193. The molecule has 12 heteroatoms. The molecule has 2 unspecified atom stereocenters. The Hall–Kier alpha value is -2.21. The van der Waals surface area contributed by atoms with E-state index >= 15 is 0 Å². The van der Waals surface area contributed by atoms with Crippen molar-refractivity contribution in [2.24, 2.45) is 0 Å². The second kappa shape index (κ2) is 9.80. The Balaban J connectivity index is 1.43. The molecule has 34 heavy (non-hydrogen) atoms. The number of nitrogens with zero attached hydrogens (tertiary/aromatic N) is 6. The Morgan fingerprint density at radius 3 is 2.68 bits per heavy atom. The number of aryl methyl sites for hydroxylation is 1. The normalized spacial score (nSPS) is 18.4. The molecule has 0 saturated heterocycles. The smallest absolute Gasteiger partial charge is 0.235 e. The van der Waals surface area contributed by atoms with Gasteiger partial charge in [-0.15, -0.1) is 10.2 Å². The standard InChI is InChI=1S/C22H29ClN8O2S/c1-13(18(33-3)19-24-10-14(23)11-25-19)34-30-21-29-28-20(17-15-6-4-7-16(15)26-27-17)31(21)22(12-32-2)8-5-9-22/h10-11,13,18H,4-9,12H2,1-3H3,(H,26,27)(H,29,30). The summed E-state index contributed by atoms with van der Waals surface area (Å²) in [5.74, 6) is 2.05. The number of H-pyrrole nitrogens is 1. The Kier molecular flexibility index (Phi) is 6.79. The van der Waals surface area contributed by atoms with Gasteiger partial charge in [-0.25, -0.2) is 9.97 Å². The molecule has 3 aromatic heterocycles. The largest absolute Gasteiger partial charge is 0.382 e. The minimum atomic E-state index is -0.322. The van der Waals surface area contributed by atoms with Gasteiger partial charge < -0.3 is 9.47 Å². The van der Waals surface area contributed by atoms with Crippen molar-refractivity contribution in [1.29, 1.82) is 0 Å². The van der Waals surface area contributed by atoms with Crippen LogP contribution in [0.5, 0.6) is 0 Å². The Morgan fingerprint density at radius 1 is 1.21 bits per heavy atom. The van der Waals surface area contributed by atoms with Gasteiger partial charge in [0.15, 0.2) is 11.6 Å². The molecule has 0 aromatic carbocycles. The van der Waals surface area contributed by atoms with Crippen LogP contribution in [-0.2, 0) is 27.9 Å². The van der Waals surface area contributed by atoms with Gasteiger partial charge in [0.1, 0.15) is 11.8 Å². The summed E-state index contributed by atoms with van der Waals surface area (Å²) in [4.78, 5) is 8.66. The predicted octanol–water partition coefficient (Wildman–Crippen LogP) is 3.96. The van der Waals surface area contributed by atoms with Gasteiger partial charge >= 0.3 is 0 Å². The third-order valence-electron chi connectivity index (χ3n) is 6.76. The number of hydrogen-bond donors (Lipinski definition) is 2. The fraction of sp³-hybridized carbons (Fsp3) is 0.591. The van der Waals surface area contributed by atoms with Gasteiger partial charge in [0.2, 0.25) is 5.95 Å². The van der Waals surface area contributed by atoms with Gasteiger partial charge in [0, 0.05) is 37.9 Å². The van der Waals surface area contributed by atoms with Gasteiger partial charge in [-0.05, 0) is 57.4 Å². The lowest BCUT2D eigenvalue weighted by Gasteiger charge is -2.43. The Labute approximate surface area is 207 Å². The molecule has 2 N–H and O–H groups in total. The third-order valence-corrected chi connectivity index (χ3v) is 7.88. The molecule has 5 rings (SSSR count). The van der Waals surface area contributed by atoms with Crippen LogP contribution in [0.4, 0.5) is 5.95 Å². The lowest BCUT2D eigenvalue weighted by Crippen LogP contribution is -2.45. The predicted molar refractivity (Wildman–Crippen MR) is 131 cm³/mol. The zero-order valence-corrected chi connectivity index (χ0v) is 21.1. The van der Waals surface area contributed by atoms with Crippen molar-refractivity contribution in [3.63, 3.8) is 0 Å². The second-order valence-corrected chi connectivity index (χ2v) is 10.5. The highest BCUT2D eigenvalue weighted by Gasteiger charge is 2.43. The monoisotopic (exact) mass is 504 g/mol. The highest BCUT2D eigenvalue weighted by atomic mass is 35.5. The first-order valence-electron chi connectivity index (χ1n) is 11.5. The molecule has 2 aliphatic carbocycles. The summed E-state index contributed by atoms with van der Waals surface area (Å²) in [5.41, 5.74) is 3.18. The van der Waals surface area contributed by atoms with Crippen molar-refractivity contribution >= 4 is 29.5 Å². The number of halogens is 1. The number of nitrogens with one attached hydrogen (secondary N) is 2. The summed E-state index contributed by atoms with van der Waals surface area (Å²) in [6, 6.07) is 0. The van der Waals surface area contributed by atoms with E-state index in [1.54, 1.807) is 26.6 Å². The minimum Gasteiger partial charge on any atom is -0.382 e. The van der Waals surface area contributed by atoms with Crippen LogP contribution in [0.25, 0.3) is 11.5 Å². The topological polar surface area (TPSA) is 116 Å². The first kappa shape index (κ1) is 23.5. The number of rotatable bonds is 10. The molecule has 1 fully saturated rings. The van der Waals surface area contributed by atoms with Gasteiger partial charge in [-0.2, -0.15) is 5.10 Å². The average molecular weight is 505 g/mol. The maximum Gasteiger partial charge on any atom is 0.235 e. The summed E-state index contributed by atoms with van der Waals surface area (Å²) < 4.78 is 17.0. The van der Waals surface area contributed by atoms with Crippen LogP contribution in [0.15, 0.2) is 12.4 Å². The van der Waals surface area contributed by atoms with Gasteiger partial charge in [-0.3, -0.25) is 14.4 Å². The molecule has 0 bridgehead atoms. The summed E-state index contributed by atoms with van der Waals surface area (Å²) >= 11 is 7.45. The summed E-state index contributed by atoms with van der Waals surface area (Å²) in [7, 11) is 3.40. The first-order valence-corrected chi connectivity index (χ1v) is 12.8. The molecule has 10 nitrogen and oxygen atoms in total. The maximum absolute atomic E-state index is 5.95. The zero-order chi connectivity index (χ0) is 23.7. The zero-order valence-electron chi connectivity index (χ0n) is 19.5. The number of aromatic amines is 1. The molecule has 3 heterocycles. The molecule has 1 saturated carbocycles. The molecular formula is C22H29ClN8O2S. The van der Waals surface area contributed by atoms with Crippen molar-refractivity contribution in [3.8, 4) is 11.5 Å². The first-order chi connectivity index (χ1) is 16.6. The van der Waals surface area contributed by atoms with E-state index in [1.165, 1.54) is 23.2 Å². The summed E-state index contributed by atoms with van der Waals surface area (Å²) in [6.45, 7) is 2.65. The van der Waals surface area contributed by atoms with Crippen LogP contribution in [0, 0.1) is 0 Å². The van der Waals surface area contributed by atoms with Crippen LogP contribution in [-0.4, -0.2) is 61.0 Å². The molecule has 2 aliphatic rings. The van der Waals surface area contributed by atoms with E-state index in [0.717, 1.165) is 50.0 Å². The lowest BCUT2D eigenvalue weighted by atomic mass is 9.77. The maximum atomic E-state index is 5.95. The molecule has 2 atom stereocenters. The van der Waals surface area contributed by atoms with Gasteiger partial charge in [-0.1, -0.05) is 11.6 Å². The average Bonchev–Trinajstić information content (AvgIpc) is 3.53. The van der Waals surface area contributed by atoms with Crippen LogP contribution >= 0.6 is 23.5 Å². The highest BCUT2D eigenvalue weighted by molar-refractivity contribution is 8.01. The molecular weight excluding hydrogens is 476 g/mol. The fourth-order valence-corrected chi connectivity index (χ4v) is 5.80. The lowest BCUT2D eigenvalue weighted by molar-refractivity contribution is 0.0299. The van der Waals surface area contributed by atoms with E-state index in [0.29, 0.717) is 23.4 Å². The molecule has 0 aliphatic heterocycles. The van der Waals surface area contributed by atoms with E-state index in [9.17, 15) is 0 Å². The van der Waals surface area contributed by atoms with E-state index < -0.39 is 0 Å². The van der Waals surface area contributed by atoms with E-state index in [2.05, 4.69) is 46.6 Å². The van der Waals surface area contributed by atoms with Crippen LogP contribution in [0.2, 0.25) is 5.02 Å². The quantitative estimate of drug-likeness (QED) is 0.395. The highest BCUT2D eigenvalue weighted by Crippen LogP contribution is 2.45. The number of hydrogen-bond acceptors (Lipinski definition) is 9. The number of methoxy groups -OCH3 is 2. The van der Waals surface area contributed by atoms with Crippen LogP contribution in [0.3, 0.4) is 0 Å². The third kappa shape index (κ3) is 4.19. The second-order valence-electron chi connectivity index (χ2n) is 8.92. The number of ether oxygens (including phenoxy) is 2. The molecule has 0 spiro atoms. The van der Waals surface area contributed by atoms with E-state index in [-0.39, 0.29) is 16.9 Å².